The number of carbonyl (C=O) groups excluding carboxylic acids is 1. The van der Waals surface area contributed by atoms with E-state index < -0.39 is 6.10 Å². The highest BCUT2D eigenvalue weighted by molar-refractivity contribution is 5.79. The molecule has 0 radical (unpaired) electrons. The molecular weight excluding hydrogens is 296 g/mol. The largest absolute Gasteiger partial charge is 0.497 e. The first kappa shape index (κ1) is 16.2. The lowest BCUT2D eigenvalue weighted by Gasteiger charge is -2.33. The van der Waals surface area contributed by atoms with E-state index in [4.69, 9.17) is 9.47 Å². The summed E-state index contributed by atoms with van der Waals surface area (Å²) in [5, 5.41) is 10.3. The minimum absolute atomic E-state index is 0.0214. The van der Waals surface area contributed by atoms with Gasteiger partial charge in [-0.3, -0.25) is 9.69 Å². The summed E-state index contributed by atoms with van der Waals surface area (Å²) in [5.41, 5.74) is 0.929. The summed E-state index contributed by atoms with van der Waals surface area (Å²) in [6.45, 7) is 4.02. The monoisotopic (exact) mass is 320 g/mol. The molecule has 0 unspecified atom stereocenters. The summed E-state index contributed by atoms with van der Waals surface area (Å²) in [6, 6.07) is 7.57. The van der Waals surface area contributed by atoms with Crippen molar-refractivity contribution >= 4 is 5.91 Å². The predicted octanol–water partition coefficient (Wildman–Crippen LogP) is 0.142. The summed E-state index contributed by atoms with van der Waals surface area (Å²) in [6.07, 6.45) is -0.151. The first-order chi connectivity index (χ1) is 11.2. The van der Waals surface area contributed by atoms with Gasteiger partial charge in [0.2, 0.25) is 5.91 Å². The maximum absolute atomic E-state index is 12.5. The molecule has 126 valence electrons. The number of ether oxygens (including phenoxy) is 2. The molecule has 2 aliphatic rings. The Balaban J connectivity index is 1.59. The Hall–Kier alpha value is -1.63. The van der Waals surface area contributed by atoms with Gasteiger partial charge in [0.25, 0.3) is 0 Å². The van der Waals surface area contributed by atoms with Gasteiger partial charge < -0.3 is 19.5 Å². The van der Waals surface area contributed by atoms with Crippen LogP contribution in [0.25, 0.3) is 0 Å². The van der Waals surface area contributed by atoms with Crippen molar-refractivity contribution in [2.24, 2.45) is 0 Å². The first-order valence-corrected chi connectivity index (χ1v) is 8.08. The Labute approximate surface area is 136 Å². The first-order valence-electron chi connectivity index (χ1n) is 8.08. The fourth-order valence-corrected chi connectivity index (χ4v) is 3.31. The van der Waals surface area contributed by atoms with E-state index in [1.807, 2.05) is 24.3 Å². The number of amides is 1. The zero-order chi connectivity index (χ0) is 16.2. The zero-order valence-corrected chi connectivity index (χ0v) is 13.5. The van der Waals surface area contributed by atoms with Crippen molar-refractivity contribution in [2.75, 3.05) is 46.5 Å². The summed E-state index contributed by atoms with van der Waals surface area (Å²) in [5.74, 6) is 0.802. The number of morpholine rings is 1. The maximum Gasteiger partial charge on any atom is 0.227 e. The van der Waals surface area contributed by atoms with Crippen LogP contribution in [0.3, 0.4) is 0 Å². The molecule has 0 spiro atoms. The van der Waals surface area contributed by atoms with E-state index >= 15 is 0 Å². The van der Waals surface area contributed by atoms with Crippen molar-refractivity contribution in [3.63, 3.8) is 0 Å². The maximum atomic E-state index is 12.5. The Morgan fingerprint density at radius 1 is 1.35 bits per heavy atom. The summed E-state index contributed by atoms with van der Waals surface area (Å²) in [7, 11) is 1.62. The number of benzene rings is 1. The lowest BCUT2D eigenvalue weighted by Crippen LogP contribution is -2.49. The zero-order valence-electron chi connectivity index (χ0n) is 13.5. The molecule has 2 fully saturated rings. The summed E-state index contributed by atoms with van der Waals surface area (Å²) in [4.78, 5) is 16.5. The van der Waals surface area contributed by atoms with E-state index in [9.17, 15) is 9.90 Å². The normalized spacial score (nSPS) is 25.6. The van der Waals surface area contributed by atoms with Crippen LogP contribution in [0.5, 0.6) is 5.75 Å². The van der Waals surface area contributed by atoms with Crippen molar-refractivity contribution in [1.29, 1.82) is 0 Å². The van der Waals surface area contributed by atoms with Gasteiger partial charge in [0.05, 0.1) is 38.9 Å². The third kappa shape index (κ3) is 3.83. The van der Waals surface area contributed by atoms with Gasteiger partial charge in [0.1, 0.15) is 5.75 Å². The van der Waals surface area contributed by atoms with E-state index in [-0.39, 0.29) is 11.9 Å². The van der Waals surface area contributed by atoms with Crippen LogP contribution in [0.1, 0.15) is 5.56 Å². The Morgan fingerprint density at radius 2 is 2.13 bits per heavy atom. The van der Waals surface area contributed by atoms with E-state index in [2.05, 4.69) is 4.90 Å². The number of hydrogen-bond donors (Lipinski definition) is 1. The van der Waals surface area contributed by atoms with Crippen molar-refractivity contribution < 1.29 is 19.4 Å². The smallest absolute Gasteiger partial charge is 0.227 e. The number of aliphatic hydroxyl groups is 1. The number of aliphatic hydroxyl groups excluding tert-OH is 1. The van der Waals surface area contributed by atoms with Gasteiger partial charge in [-0.15, -0.1) is 0 Å². The number of carbonyl (C=O) groups is 1. The summed E-state index contributed by atoms with van der Waals surface area (Å²) < 4.78 is 10.5. The van der Waals surface area contributed by atoms with Crippen molar-refractivity contribution in [3.8, 4) is 5.75 Å². The van der Waals surface area contributed by atoms with Crippen LogP contribution in [0.2, 0.25) is 0 Å². The van der Waals surface area contributed by atoms with Crippen LogP contribution in [-0.4, -0.2) is 79.5 Å². The molecule has 2 saturated heterocycles. The standard InChI is InChI=1S/C17H24N2O4/c1-22-14-4-2-3-13(9-14)10-17(21)19-11-15(16(20)12-19)18-5-7-23-8-6-18/h2-4,9,15-16,20H,5-8,10-12H2,1H3/t15-,16-/m1/s1. The van der Waals surface area contributed by atoms with Gasteiger partial charge in [0, 0.05) is 26.2 Å². The van der Waals surface area contributed by atoms with Crippen LogP contribution in [-0.2, 0) is 16.0 Å². The molecule has 2 atom stereocenters. The molecule has 0 aromatic heterocycles. The number of nitrogens with zero attached hydrogens (tertiary/aromatic N) is 2. The number of β-amino-alcohol motifs (C(OH)–C–C–N with tert-alkyl or cyclic N) is 1. The number of methoxy groups -OCH3 is 1. The van der Waals surface area contributed by atoms with Crippen LogP contribution in [0.15, 0.2) is 24.3 Å². The molecule has 3 rings (SSSR count). The van der Waals surface area contributed by atoms with E-state index in [0.29, 0.717) is 32.7 Å². The van der Waals surface area contributed by atoms with E-state index in [0.717, 1.165) is 24.4 Å². The SMILES string of the molecule is COc1cccc(CC(=O)N2C[C@@H](O)[C@H](N3CCOCC3)C2)c1. The molecule has 2 heterocycles. The van der Waals surface area contributed by atoms with Gasteiger partial charge in [-0.1, -0.05) is 12.1 Å². The van der Waals surface area contributed by atoms with Gasteiger partial charge in [-0.2, -0.15) is 0 Å². The van der Waals surface area contributed by atoms with Crippen LogP contribution in [0, 0.1) is 0 Å². The third-order valence-electron chi connectivity index (χ3n) is 4.62. The molecule has 6 heteroatoms. The van der Waals surface area contributed by atoms with Gasteiger partial charge in [-0.25, -0.2) is 0 Å². The Morgan fingerprint density at radius 3 is 2.87 bits per heavy atom. The molecule has 1 amide bonds. The Kier molecular flexibility index (Phi) is 5.15. The molecule has 23 heavy (non-hydrogen) atoms. The highest BCUT2D eigenvalue weighted by atomic mass is 16.5. The topological polar surface area (TPSA) is 62.2 Å². The van der Waals surface area contributed by atoms with Crippen LogP contribution < -0.4 is 4.74 Å². The second-order valence-corrected chi connectivity index (χ2v) is 6.11. The van der Waals surface area contributed by atoms with Crippen LogP contribution >= 0.6 is 0 Å². The second-order valence-electron chi connectivity index (χ2n) is 6.11. The van der Waals surface area contributed by atoms with Crippen LogP contribution in [0.4, 0.5) is 0 Å². The highest BCUT2D eigenvalue weighted by Gasteiger charge is 2.37. The van der Waals surface area contributed by atoms with Crippen molar-refractivity contribution in [1.82, 2.24) is 9.80 Å². The van der Waals surface area contributed by atoms with E-state index in [1.165, 1.54) is 0 Å². The average molecular weight is 320 g/mol. The van der Waals surface area contributed by atoms with Gasteiger partial charge in [-0.05, 0) is 17.7 Å². The molecule has 0 saturated carbocycles. The fraction of sp³-hybridized carbons (Fsp3) is 0.588. The number of rotatable bonds is 4. The minimum Gasteiger partial charge on any atom is -0.497 e. The molecule has 1 aromatic rings. The fourth-order valence-electron chi connectivity index (χ4n) is 3.31. The lowest BCUT2D eigenvalue weighted by atomic mass is 10.1. The Bertz CT molecular complexity index is 545. The van der Waals surface area contributed by atoms with Crippen molar-refractivity contribution in [3.05, 3.63) is 29.8 Å². The van der Waals surface area contributed by atoms with Gasteiger partial charge in [0.15, 0.2) is 0 Å². The second kappa shape index (κ2) is 7.29. The summed E-state index contributed by atoms with van der Waals surface area (Å²) >= 11 is 0. The minimum atomic E-state index is -0.484. The van der Waals surface area contributed by atoms with Gasteiger partial charge >= 0.3 is 0 Å². The molecule has 0 bridgehead atoms. The molecule has 1 aromatic carbocycles. The third-order valence-corrected chi connectivity index (χ3v) is 4.62. The molecule has 1 N–H and O–H groups in total. The quantitative estimate of drug-likeness (QED) is 0.855. The van der Waals surface area contributed by atoms with E-state index in [1.54, 1.807) is 12.0 Å². The number of likely N-dealkylation sites (tertiary alicyclic amines) is 1. The average Bonchev–Trinajstić information content (AvgIpc) is 2.98. The highest BCUT2D eigenvalue weighted by Crippen LogP contribution is 2.20. The lowest BCUT2D eigenvalue weighted by molar-refractivity contribution is -0.129. The predicted molar refractivity (Wildman–Crippen MR) is 85.5 cm³/mol. The molecular formula is C17H24N2O4. The molecule has 2 aliphatic heterocycles. The molecule has 6 nitrogen and oxygen atoms in total. The van der Waals surface area contributed by atoms with Crippen molar-refractivity contribution in [2.45, 2.75) is 18.6 Å². The number of hydrogen-bond acceptors (Lipinski definition) is 5. The molecule has 0 aliphatic carbocycles.